The maximum atomic E-state index is 13.3. The molecule has 0 saturated carbocycles. The normalized spacial score (nSPS) is 15.3. The molecule has 3 rings (SSSR count). The van der Waals surface area contributed by atoms with Crippen LogP contribution < -0.4 is 5.32 Å². The van der Waals surface area contributed by atoms with E-state index in [0.29, 0.717) is 11.7 Å². The third-order valence-electron chi connectivity index (χ3n) is 4.21. The number of hydrogen-bond acceptors (Lipinski definition) is 5. The van der Waals surface area contributed by atoms with Crippen LogP contribution in [0.25, 0.3) is 5.69 Å². The zero-order chi connectivity index (χ0) is 17.6. The number of thioether (sulfide) groups is 1. The van der Waals surface area contributed by atoms with Crippen LogP contribution in [-0.2, 0) is 11.3 Å². The number of rotatable bonds is 6. The molecule has 0 bridgehead atoms. The van der Waals surface area contributed by atoms with E-state index in [2.05, 4.69) is 20.4 Å². The molecular weight excluding hydrogens is 341 g/mol. The van der Waals surface area contributed by atoms with Gasteiger partial charge in [0, 0.05) is 12.7 Å². The Balaban J connectivity index is 1.86. The summed E-state index contributed by atoms with van der Waals surface area (Å²) < 4.78 is 15.2. The number of likely N-dealkylation sites (tertiary alicyclic amines) is 1. The van der Waals surface area contributed by atoms with E-state index >= 15 is 0 Å². The van der Waals surface area contributed by atoms with Crippen LogP contribution in [0, 0.1) is 5.82 Å². The third kappa shape index (κ3) is 4.58. The van der Waals surface area contributed by atoms with Crippen molar-refractivity contribution in [2.45, 2.75) is 31.0 Å². The first kappa shape index (κ1) is 17.9. The lowest BCUT2D eigenvalue weighted by Crippen LogP contribution is -2.30. The minimum Gasteiger partial charge on any atom is -0.358 e. The molecular formula is C17H22FN5OS. The fourth-order valence-electron chi connectivity index (χ4n) is 2.87. The van der Waals surface area contributed by atoms with Gasteiger partial charge in [0.1, 0.15) is 5.82 Å². The Morgan fingerprint density at radius 2 is 1.92 bits per heavy atom. The largest absolute Gasteiger partial charge is 0.358 e. The number of halogens is 1. The Bertz CT molecular complexity index is 712. The van der Waals surface area contributed by atoms with Gasteiger partial charge >= 0.3 is 0 Å². The summed E-state index contributed by atoms with van der Waals surface area (Å²) in [5, 5.41) is 11.8. The second kappa shape index (κ2) is 8.44. The lowest BCUT2D eigenvalue weighted by molar-refractivity contribution is -0.118. The number of amides is 1. The predicted molar refractivity (Wildman–Crippen MR) is 95.2 cm³/mol. The van der Waals surface area contributed by atoms with E-state index in [9.17, 15) is 9.18 Å². The van der Waals surface area contributed by atoms with Crippen molar-refractivity contribution in [1.29, 1.82) is 0 Å². The molecule has 1 saturated heterocycles. The number of aromatic nitrogens is 3. The van der Waals surface area contributed by atoms with Crippen molar-refractivity contribution in [2.75, 3.05) is 25.9 Å². The molecule has 25 heavy (non-hydrogen) atoms. The van der Waals surface area contributed by atoms with Crippen molar-refractivity contribution in [3.63, 3.8) is 0 Å². The van der Waals surface area contributed by atoms with Gasteiger partial charge in [0.05, 0.1) is 12.3 Å². The Labute approximate surface area is 150 Å². The fraction of sp³-hybridized carbons (Fsp3) is 0.471. The molecule has 6 nitrogen and oxygen atoms in total. The van der Waals surface area contributed by atoms with E-state index in [4.69, 9.17) is 0 Å². The quantitative estimate of drug-likeness (QED) is 0.798. The minimum atomic E-state index is -0.283. The van der Waals surface area contributed by atoms with Crippen molar-refractivity contribution < 1.29 is 9.18 Å². The van der Waals surface area contributed by atoms with Crippen molar-refractivity contribution in [2.24, 2.45) is 0 Å². The van der Waals surface area contributed by atoms with E-state index in [1.807, 2.05) is 4.57 Å². The minimum absolute atomic E-state index is 0.0729. The molecule has 2 heterocycles. The highest BCUT2D eigenvalue weighted by atomic mass is 32.2. The molecule has 134 valence electrons. The maximum Gasteiger partial charge on any atom is 0.230 e. The van der Waals surface area contributed by atoms with E-state index in [0.717, 1.165) is 24.6 Å². The van der Waals surface area contributed by atoms with Gasteiger partial charge in [-0.25, -0.2) is 4.39 Å². The average molecular weight is 363 g/mol. The maximum absolute atomic E-state index is 13.3. The van der Waals surface area contributed by atoms with Crippen LogP contribution in [0.2, 0.25) is 0 Å². The summed E-state index contributed by atoms with van der Waals surface area (Å²) in [5.74, 6) is 0.720. The van der Waals surface area contributed by atoms with Crippen LogP contribution in [0.15, 0.2) is 29.4 Å². The number of nitrogens with one attached hydrogen (secondary N) is 1. The summed E-state index contributed by atoms with van der Waals surface area (Å²) in [6.07, 6.45) is 3.67. The van der Waals surface area contributed by atoms with Gasteiger partial charge in [-0.3, -0.25) is 14.3 Å². The summed E-state index contributed by atoms with van der Waals surface area (Å²) in [4.78, 5) is 13.9. The summed E-state index contributed by atoms with van der Waals surface area (Å²) in [6, 6.07) is 6.27. The lowest BCUT2D eigenvalue weighted by Gasteiger charge is -2.26. The van der Waals surface area contributed by atoms with E-state index in [1.54, 1.807) is 19.2 Å². The first-order valence-electron chi connectivity index (χ1n) is 8.43. The van der Waals surface area contributed by atoms with Crippen molar-refractivity contribution in [3.8, 4) is 5.69 Å². The number of benzene rings is 1. The smallest absolute Gasteiger partial charge is 0.230 e. The molecule has 0 atom stereocenters. The molecule has 1 amide bonds. The molecule has 0 spiro atoms. The van der Waals surface area contributed by atoms with E-state index in [1.165, 1.54) is 43.2 Å². The van der Waals surface area contributed by atoms with Crippen LogP contribution in [0.1, 0.15) is 25.1 Å². The second-order valence-corrected chi connectivity index (χ2v) is 6.95. The average Bonchev–Trinajstić information content (AvgIpc) is 3.03. The molecule has 1 N–H and O–H groups in total. The van der Waals surface area contributed by atoms with Gasteiger partial charge < -0.3 is 5.32 Å². The van der Waals surface area contributed by atoms with Gasteiger partial charge in [-0.15, -0.1) is 10.2 Å². The van der Waals surface area contributed by atoms with Crippen molar-refractivity contribution >= 4 is 17.7 Å². The third-order valence-corrected chi connectivity index (χ3v) is 5.14. The molecule has 0 aliphatic carbocycles. The zero-order valence-corrected chi connectivity index (χ0v) is 15.1. The predicted octanol–water partition coefficient (Wildman–Crippen LogP) is 2.23. The summed E-state index contributed by atoms with van der Waals surface area (Å²) >= 11 is 1.33. The molecule has 1 aromatic carbocycles. The van der Waals surface area contributed by atoms with Gasteiger partial charge in [0.25, 0.3) is 0 Å². The highest BCUT2D eigenvalue weighted by molar-refractivity contribution is 7.99. The molecule has 1 aliphatic heterocycles. The topological polar surface area (TPSA) is 63.1 Å². The van der Waals surface area contributed by atoms with Gasteiger partial charge in [-0.05, 0) is 50.2 Å². The summed E-state index contributed by atoms with van der Waals surface area (Å²) in [6.45, 7) is 2.80. The van der Waals surface area contributed by atoms with Crippen LogP contribution in [0.5, 0.6) is 0 Å². The molecule has 1 fully saturated rings. The van der Waals surface area contributed by atoms with Crippen molar-refractivity contribution in [3.05, 3.63) is 35.9 Å². The van der Waals surface area contributed by atoms with Gasteiger partial charge in [0.2, 0.25) is 5.91 Å². The van der Waals surface area contributed by atoms with Gasteiger partial charge in [-0.2, -0.15) is 0 Å². The van der Waals surface area contributed by atoms with Crippen LogP contribution in [0.4, 0.5) is 4.39 Å². The van der Waals surface area contributed by atoms with Crippen LogP contribution >= 0.6 is 11.8 Å². The first-order chi connectivity index (χ1) is 12.2. The molecule has 0 radical (unpaired) electrons. The van der Waals surface area contributed by atoms with Crippen LogP contribution in [-0.4, -0.2) is 51.5 Å². The Hall–Kier alpha value is -1.93. The standard InChI is InChI=1S/C17H22FN5OS/c1-19-16(24)12-25-17-21-20-15(11-22-9-3-2-4-10-22)23(17)14-7-5-13(18)6-8-14/h5-8H,2-4,9-12H2,1H3,(H,19,24). The first-order valence-corrected chi connectivity index (χ1v) is 9.42. The Morgan fingerprint density at radius 1 is 1.20 bits per heavy atom. The molecule has 1 aliphatic rings. The highest BCUT2D eigenvalue weighted by Crippen LogP contribution is 2.23. The number of nitrogens with zero attached hydrogens (tertiary/aromatic N) is 4. The zero-order valence-electron chi connectivity index (χ0n) is 14.2. The molecule has 0 unspecified atom stereocenters. The lowest BCUT2D eigenvalue weighted by atomic mass is 10.1. The monoisotopic (exact) mass is 363 g/mol. The van der Waals surface area contributed by atoms with E-state index in [-0.39, 0.29) is 17.5 Å². The van der Waals surface area contributed by atoms with Gasteiger partial charge in [-0.1, -0.05) is 18.2 Å². The van der Waals surface area contributed by atoms with Crippen molar-refractivity contribution in [1.82, 2.24) is 25.0 Å². The summed E-state index contributed by atoms with van der Waals surface area (Å²) in [7, 11) is 1.61. The number of hydrogen-bond donors (Lipinski definition) is 1. The summed E-state index contributed by atoms with van der Waals surface area (Å²) in [5.41, 5.74) is 0.804. The Kier molecular flexibility index (Phi) is 6.04. The second-order valence-electron chi connectivity index (χ2n) is 6.01. The SMILES string of the molecule is CNC(=O)CSc1nnc(CN2CCCCC2)n1-c1ccc(F)cc1. The fourth-order valence-corrected chi connectivity index (χ4v) is 3.71. The number of carbonyl (C=O) groups excluding carboxylic acids is 1. The highest BCUT2D eigenvalue weighted by Gasteiger charge is 2.19. The van der Waals surface area contributed by atoms with Crippen LogP contribution in [0.3, 0.4) is 0 Å². The Morgan fingerprint density at radius 3 is 2.60 bits per heavy atom. The van der Waals surface area contributed by atoms with Gasteiger partial charge in [0.15, 0.2) is 11.0 Å². The molecule has 8 heteroatoms. The van der Waals surface area contributed by atoms with E-state index < -0.39 is 0 Å². The molecule has 1 aromatic heterocycles. The number of carbonyl (C=O) groups is 1. The number of piperidine rings is 1. The molecule has 2 aromatic rings.